The molecule has 2 amide bonds. The predicted molar refractivity (Wildman–Crippen MR) is 173 cm³/mol. The molecule has 0 spiro atoms. The van der Waals surface area contributed by atoms with E-state index < -0.39 is 28.5 Å². The molecule has 11 heteroatoms. The molecule has 0 aromatic heterocycles. The lowest BCUT2D eigenvalue weighted by molar-refractivity contribution is -0.140. The van der Waals surface area contributed by atoms with Crippen molar-refractivity contribution in [2.24, 2.45) is 5.92 Å². The first-order chi connectivity index (χ1) is 19.9. The van der Waals surface area contributed by atoms with Crippen LogP contribution >= 0.6 is 35.0 Å². The van der Waals surface area contributed by atoms with Crippen molar-refractivity contribution in [2.75, 3.05) is 23.7 Å². The Morgan fingerprint density at radius 3 is 2.07 bits per heavy atom. The molecule has 0 fully saturated rings. The smallest absolute Gasteiger partial charge is 0.264 e. The van der Waals surface area contributed by atoms with Crippen LogP contribution in [0.15, 0.2) is 76.5 Å². The SMILES string of the molecule is CCC(C(=O)NCC(C)C)N(Cc1c(Cl)cccc1Cl)C(=O)CN(c1ccc(C)cc1)S(=O)(=O)c1ccc(SC)cc1. The third kappa shape index (κ3) is 8.43. The van der Waals surface area contributed by atoms with Crippen molar-refractivity contribution in [2.45, 2.75) is 56.5 Å². The van der Waals surface area contributed by atoms with Gasteiger partial charge < -0.3 is 10.2 Å². The van der Waals surface area contributed by atoms with Crippen molar-refractivity contribution < 1.29 is 18.0 Å². The topological polar surface area (TPSA) is 86.8 Å². The van der Waals surface area contributed by atoms with Gasteiger partial charge in [-0.2, -0.15) is 0 Å². The molecule has 1 atom stereocenters. The molecule has 7 nitrogen and oxygen atoms in total. The molecule has 226 valence electrons. The van der Waals surface area contributed by atoms with Gasteiger partial charge in [0.15, 0.2) is 0 Å². The Morgan fingerprint density at radius 2 is 1.55 bits per heavy atom. The van der Waals surface area contributed by atoms with Crippen LogP contribution in [-0.2, 0) is 26.2 Å². The number of hydrogen-bond acceptors (Lipinski definition) is 5. The van der Waals surface area contributed by atoms with Crippen LogP contribution in [0.5, 0.6) is 0 Å². The van der Waals surface area contributed by atoms with Gasteiger partial charge in [-0.1, -0.05) is 67.7 Å². The zero-order chi connectivity index (χ0) is 31.0. The van der Waals surface area contributed by atoms with E-state index in [1.165, 1.54) is 28.8 Å². The second kappa shape index (κ2) is 15.1. The third-order valence-corrected chi connectivity index (χ3v) is 9.95. The van der Waals surface area contributed by atoms with Gasteiger partial charge >= 0.3 is 0 Å². The van der Waals surface area contributed by atoms with Crippen molar-refractivity contribution in [3.05, 3.63) is 87.9 Å². The molecule has 1 N–H and O–H groups in total. The molecule has 0 aliphatic carbocycles. The van der Waals surface area contributed by atoms with Gasteiger partial charge in [-0.05, 0) is 74.0 Å². The lowest BCUT2D eigenvalue weighted by Gasteiger charge is -2.33. The van der Waals surface area contributed by atoms with Crippen LogP contribution in [0.2, 0.25) is 10.0 Å². The van der Waals surface area contributed by atoms with Crippen LogP contribution in [0.1, 0.15) is 38.3 Å². The van der Waals surface area contributed by atoms with Crippen molar-refractivity contribution in [1.82, 2.24) is 10.2 Å². The standard InChI is InChI=1S/C31H37Cl2N3O4S2/c1-6-29(31(38)34-18-21(2)3)35(19-26-27(32)8-7-9-28(26)33)30(37)20-36(23-12-10-22(4)11-13-23)42(39,40)25-16-14-24(41-5)15-17-25/h7-17,21,29H,6,18-20H2,1-5H3,(H,34,38). The maximum absolute atomic E-state index is 14.2. The molecule has 0 heterocycles. The molecule has 0 radical (unpaired) electrons. The molecule has 0 aliphatic heterocycles. The quantitative estimate of drug-likeness (QED) is 0.206. The van der Waals surface area contributed by atoms with Crippen molar-refractivity contribution in [3.63, 3.8) is 0 Å². The fourth-order valence-corrected chi connectivity index (χ4v) is 6.65. The summed E-state index contributed by atoms with van der Waals surface area (Å²) in [4.78, 5) is 29.9. The second-order valence-corrected chi connectivity index (χ2v) is 13.9. The number of amides is 2. The van der Waals surface area contributed by atoms with E-state index >= 15 is 0 Å². The highest BCUT2D eigenvalue weighted by Crippen LogP contribution is 2.29. The van der Waals surface area contributed by atoms with Gasteiger partial charge in [-0.3, -0.25) is 13.9 Å². The lowest BCUT2D eigenvalue weighted by atomic mass is 10.1. The van der Waals surface area contributed by atoms with Gasteiger partial charge in [-0.15, -0.1) is 11.8 Å². The van der Waals surface area contributed by atoms with Gasteiger partial charge in [0.25, 0.3) is 10.0 Å². The minimum absolute atomic E-state index is 0.0519. The van der Waals surface area contributed by atoms with E-state index in [-0.39, 0.29) is 23.3 Å². The van der Waals surface area contributed by atoms with Crippen LogP contribution in [0.4, 0.5) is 5.69 Å². The maximum atomic E-state index is 14.2. The summed E-state index contributed by atoms with van der Waals surface area (Å²) in [7, 11) is -4.16. The van der Waals surface area contributed by atoms with E-state index in [1.807, 2.05) is 27.0 Å². The van der Waals surface area contributed by atoms with Crippen molar-refractivity contribution in [3.8, 4) is 0 Å². The number of nitrogens with one attached hydrogen (secondary N) is 1. The maximum Gasteiger partial charge on any atom is 0.264 e. The average molecular weight is 651 g/mol. The van der Waals surface area contributed by atoms with E-state index in [0.717, 1.165) is 14.8 Å². The molecular weight excluding hydrogens is 613 g/mol. The fraction of sp³-hybridized carbons (Fsp3) is 0.355. The molecule has 0 aliphatic rings. The summed E-state index contributed by atoms with van der Waals surface area (Å²) < 4.78 is 29.1. The van der Waals surface area contributed by atoms with Gasteiger partial charge in [-0.25, -0.2) is 8.42 Å². The van der Waals surface area contributed by atoms with Gasteiger partial charge in [0, 0.05) is 33.6 Å². The number of carbonyl (C=O) groups is 2. The Hall–Kier alpha value is -2.72. The number of rotatable bonds is 13. The van der Waals surface area contributed by atoms with E-state index in [4.69, 9.17) is 23.2 Å². The molecule has 3 aromatic rings. The van der Waals surface area contributed by atoms with Crippen LogP contribution in [-0.4, -0.2) is 50.5 Å². The average Bonchev–Trinajstić information content (AvgIpc) is 2.96. The first-order valence-electron chi connectivity index (χ1n) is 13.6. The number of sulfonamides is 1. The van der Waals surface area contributed by atoms with Crippen LogP contribution in [0.25, 0.3) is 0 Å². The molecule has 1 unspecified atom stereocenters. The summed E-state index contributed by atoms with van der Waals surface area (Å²) in [6, 6.07) is 17.5. The first-order valence-corrected chi connectivity index (χ1v) is 17.0. The number of halogens is 2. The highest BCUT2D eigenvalue weighted by atomic mass is 35.5. The number of hydrogen-bond donors (Lipinski definition) is 1. The van der Waals surface area contributed by atoms with Crippen LogP contribution < -0.4 is 9.62 Å². The summed E-state index contributed by atoms with van der Waals surface area (Å²) in [6.45, 7) is 7.47. The number of thioether (sulfide) groups is 1. The molecule has 0 bridgehead atoms. The van der Waals surface area contributed by atoms with E-state index in [9.17, 15) is 18.0 Å². The highest BCUT2D eigenvalue weighted by Gasteiger charge is 2.34. The van der Waals surface area contributed by atoms with Gasteiger partial charge in [0.1, 0.15) is 12.6 Å². The summed E-state index contributed by atoms with van der Waals surface area (Å²) in [5, 5.41) is 3.59. The Labute approximate surface area is 263 Å². The number of aryl methyl sites for hydroxylation is 1. The van der Waals surface area contributed by atoms with Gasteiger partial charge in [0.05, 0.1) is 10.6 Å². The molecular formula is C31H37Cl2N3O4S2. The summed E-state index contributed by atoms with van der Waals surface area (Å²) in [5.74, 6) is -0.698. The zero-order valence-electron chi connectivity index (χ0n) is 24.4. The highest BCUT2D eigenvalue weighted by molar-refractivity contribution is 7.98. The largest absolute Gasteiger partial charge is 0.354 e. The Bertz CT molecular complexity index is 1460. The molecule has 0 saturated carbocycles. The van der Waals surface area contributed by atoms with E-state index in [0.29, 0.717) is 34.3 Å². The minimum atomic E-state index is -4.16. The third-order valence-electron chi connectivity index (χ3n) is 6.71. The van der Waals surface area contributed by atoms with Crippen LogP contribution in [0.3, 0.4) is 0 Å². The normalized spacial score (nSPS) is 12.2. The summed E-state index contributed by atoms with van der Waals surface area (Å²) in [5.41, 5.74) is 1.74. The lowest BCUT2D eigenvalue weighted by Crippen LogP contribution is -2.52. The molecule has 3 rings (SSSR count). The van der Waals surface area contributed by atoms with Crippen LogP contribution in [0, 0.1) is 12.8 Å². The Balaban J connectivity index is 2.08. The fourth-order valence-electron chi connectivity index (χ4n) is 4.31. The number of benzene rings is 3. The van der Waals surface area contributed by atoms with E-state index in [1.54, 1.807) is 61.5 Å². The summed E-state index contributed by atoms with van der Waals surface area (Å²) in [6.07, 6.45) is 2.20. The van der Waals surface area contributed by atoms with E-state index in [2.05, 4.69) is 5.32 Å². The predicted octanol–water partition coefficient (Wildman–Crippen LogP) is 6.80. The Kier molecular flexibility index (Phi) is 12.2. The second-order valence-electron chi connectivity index (χ2n) is 10.3. The van der Waals surface area contributed by atoms with Crippen molar-refractivity contribution >= 4 is 62.5 Å². The number of anilines is 1. The monoisotopic (exact) mass is 649 g/mol. The minimum Gasteiger partial charge on any atom is -0.354 e. The number of carbonyl (C=O) groups excluding carboxylic acids is 2. The zero-order valence-corrected chi connectivity index (χ0v) is 27.6. The summed E-state index contributed by atoms with van der Waals surface area (Å²) >= 11 is 14.4. The molecule has 3 aromatic carbocycles. The molecule has 0 saturated heterocycles. The molecule has 42 heavy (non-hydrogen) atoms. The number of nitrogens with zero attached hydrogens (tertiary/aromatic N) is 2. The first kappa shape index (κ1) is 33.8. The Morgan fingerprint density at radius 1 is 0.952 bits per heavy atom. The van der Waals surface area contributed by atoms with Gasteiger partial charge in [0.2, 0.25) is 11.8 Å². The van der Waals surface area contributed by atoms with Crippen molar-refractivity contribution in [1.29, 1.82) is 0 Å².